The lowest BCUT2D eigenvalue weighted by molar-refractivity contribution is -0.121. The quantitative estimate of drug-likeness (QED) is 0.159. The van der Waals surface area contributed by atoms with Gasteiger partial charge in [-0.3, -0.25) is 14.4 Å². The maximum Gasteiger partial charge on any atom is 0.253 e. The van der Waals surface area contributed by atoms with Gasteiger partial charge >= 0.3 is 0 Å². The third-order valence-electron chi connectivity index (χ3n) is 9.32. The van der Waals surface area contributed by atoms with Crippen LogP contribution in [0, 0.1) is 29.9 Å². The average Bonchev–Trinajstić information content (AvgIpc) is 3.71. The second-order valence-corrected chi connectivity index (χ2v) is 13.0. The number of rotatable bonds is 16. The van der Waals surface area contributed by atoms with Crippen LogP contribution in [-0.4, -0.2) is 55.2 Å². The van der Waals surface area contributed by atoms with Gasteiger partial charge in [-0.15, -0.1) is 0 Å². The number of nitrogens with one attached hydrogen (secondary N) is 2. The minimum Gasteiger partial charge on any atom is -0.356 e. The standard InChI is InChI=1S/C36H49F2N3O3/c1-4-15-41(16-5-2)35(44)29-18-25(3)17-28(19-29)33(42)24-36(23-32(36)27-20-30(37)22-31(38)21-27)11-6-12-40-34(43)8-7-26-9-13-39-14-10-26/h17-22,26,32,39H,4-16,23-24H2,1-3H3,(H,40,43). The van der Waals surface area contributed by atoms with Crippen molar-refractivity contribution in [3.8, 4) is 0 Å². The summed E-state index contributed by atoms with van der Waals surface area (Å²) in [5.74, 6) is -0.915. The molecule has 2 N–H and O–H groups in total. The van der Waals surface area contributed by atoms with Crippen LogP contribution in [0.25, 0.3) is 0 Å². The molecule has 1 aliphatic heterocycles. The molecule has 2 aliphatic rings. The van der Waals surface area contributed by atoms with E-state index in [-0.39, 0.29) is 29.9 Å². The van der Waals surface area contributed by atoms with E-state index in [2.05, 4.69) is 10.6 Å². The van der Waals surface area contributed by atoms with Gasteiger partial charge in [0.15, 0.2) is 5.78 Å². The molecule has 0 spiro atoms. The Morgan fingerprint density at radius 2 is 1.61 bits per heavy atom. The maximum absolute atomic E-state index is 14.1. The first-order chi connectivity index (χ1) is 21.1. The number of hydrogen-bond donors (Lipinski definition) is 2. The number of hydrogen-bond acceptors (Lipinski definition) is 4. The Balaban J connectivity index is 1.43. The Hall–Kier alpha value is -3.13. The zero-order valence-corrected chi connectivity index (χ0v) is 26.7. The molecule has 2 unspecified atom stereocenters. The van der Waals surface area contributed by atoms with Gasteiger partial charge in [0, 0.05) is 49.7 Å². The Bertz CT molecular complexity index is 1280. The van der Waals surface area contributed by atoms with E-state index < -0.39 is 17.0 Å². The monoisotopic (exact) mass is 609 g/mol. The van der Waals surface area contributed by atoms with Crippen LogP contribution in [0.15, 0.2) is 36.4 Å². The molecule has 2 amide bonds. The molecule has 8 heteroatoms. The van der Waals surface area contributed by atoms with Crippen LogP contribution < -0.4 is 10.6 Å². The van der Waals surface area contributed by atoms with Gasteiger partial charge in [-0.25, -0.2) is 8.78 Å². The van der Waals surface area contributed by atoms with Gasteiger partial charge in [-0.2, -0.15) is 0 Å². The number of Topliss-reactive ketones (excluding diaryl/α,β-unsaturated/α-hetero) is 1. The van der Waals surface area contributed by atoms with Gasteiger partial charge in [0.2, 0.25) is 5.91 Å². The number of amides is 2. The van der Waals surface area contributed by atoms with E-state index in [9.17, 15) is 23.2 Å². The van der Waals surface area contributed by atoms with Gasteiger partial charge in [0.25, 0.3) is 5.91 Å². The first-order valence-electron chi connectivity index (χ1n) is 16.5. The summed E-state index contributed by atoms with van der Waals surface area (Å²) in [4.78, 5) is 41.4. The minimum absolute atomic E-state index is 0.0466. The first-order valence-corrected chi connectivity index (χ1v) is 16.5. The predicted octanol–water partition coefficient (Wildman–Crippen LogP) is 6.96. The fourth-order valence-electron chi connectivity index (χ4n) is 6.94. The fraction of sp³-hybridized carbons (Fsp3) is 0.583. The SMILES string of the molecule is CCCN(CCC)C(=O)c1cc(C)cc(C(=O)CC2(CCCNC(=O)CCC3CCNCC3)CC2c2cc(F)cc(F)c2)c1. The van der Waals surface area contributed by atoms with Crippen LogP contribution in [0.3, 0.4) is 0 Å². The first kappa shape index (κ1) is 33.8. The molecule has 2 aromatic rings. The van der Waals surface area contributed by atoms with Crippen LogP contribution in [-0.2, 0) is 4.79 Å². The molecular formula is C36H49F2N3O3. The highest BCUT2D eigenvalue weighted by atomic mass is 19.1. The van der Waals surface area contributed by atoms with E-state index in [4.69, 9.17) is 0 Å². The Morgan fingerprint density at radius 1 is 0.955 bits per heavy atom. The lowest BCUT2D eigenvalue weighted by Gasteiger charge is -2.22. The largest absolute Gasteiger partial charge is 0.356 e. The fourth-order valence-corrected chi connectivity index (χ4v) is 6.94. The molecule has 240 valence electrons. The van der Waals surface area contributed by atoms with E-state index in [0.29, 0.717) is 67.9 Å². The van der Waals surface area contributed by atoms with Crippen LogP contribution in [0.5, 0.6) is 0 Å². The Labute approximate surface area is 261 Å². The third kappa shape index (κ3) is 9.19. The molecule has 2 aromatic carbocycles. The lowest BCUT2D eigenvalue weighted by atomic mass is 9.86. The number of benzene rings is 2. The van der Waals surface area contributed by atoms with Crippen molar-refractivity contribution in [1.29, 1.82) is 0 Å². The van der Waals surface area contributed by atoms with Crippen molar-refractivity contribution in [3.63, 3.8) is 0 Å². The van der Waals surface area contributed by atoms with E-state index in [1.165, 1.54) is 12.1 Å². The van der Waals surface area contributed by atoms with Gasteiger partial charge in [0.05, 0.1) is 0 Å². The number of carbonyl (C=O) groups excluding carboxylic acids is 3. The van der Waals surface area contributed by atoms with Crippen molar-refractivity contribution in [3.05, 3.63) is 70.3 Å². The van der Waals surface area contributed by atoms with Crippen LogP contribution in [0.2, 0.25) is 0 Å². The molecule has 6 nitrogen and oxygen atoms in total. The number of halogens is 2. The third-order valence-corrected chi connectivity index (χ3v) is 9.32. The van der Waals surface area contributed by atoms with Crippen molar-refractivity contribution in [2.24, 2.45) is 11.3 Å². The molecule has 44 heavy (non-hydrogen) atoms. The Kier molecular flexibility index (Phi) is 12.1. The highest BCUT2D eigenvalue weighted by Gasteiger charge is 2.55. The molecule has 0 radical (unpaired) electrons. The summed E-state index contributed by atoms with van der Waals surface area (Å²) in [6.07, 6.45) is 7.51. The summed E-state index contributed by atoms with van der Waals surface area (Å²) < 4.78 is 28.3. The lowest BCUT2D eigenvalue weighted by Crippen LogP contribution is -2.32. The van der Waals surface area contributed by atoms with E-state index in [1.54, 1.807) is 6.07 Å². The molecule has 2 fully saturated rings. The topological polar surface area (TPSA) is 78.5 Å². The number of aryl methyl sites for hydroxylation is 1. The normalized spacial score (nSPS) is 19.9. The predicted molar refractivity (Wildman–Crippen MR) is 170 cm³/mol. The molecule has 1 saturated heterocycles. The van der Waals surface area contributed by atoms with Crippen molar-refractivity contribution >= 4 is 17.6 Å². The van der Waals surface area contributed by atoms with Gasteiger partial charge in [-0.05, 0) is 130 Å². The maximum atomic E-state index is 14.1. The second kappa shape index (κ2) is 15.7. The van der Waals surface area contributed by atoms with Gasteiger partial charge in [0.1, 0.15) is 11.6 Å². The molecule has 1 saturated carbocycles. The molecular weight excluding hydrogens is 560 g/mol. The van der Waals surface area contributed by atoms with Crippen molar-refractivity contribution < 1.29 is 23.2 Å². The van der Waals surface area contributed by atoms with Crippen LogP contribution >= 0.6 is 0 Å². The summed E-state index contributed by atoms with van der Waals surface area (Å²) in [5.41, 5.74) is 1.95. The molecule has 0 aromatic heterocycles. The van der Waals surface area contributed by atoms with Crippen LogP contribution in [0.4, 0.5) is 8.78 Å². The smallest absolute Gasteiger partial charge is 0.253 e. The zero-order chi connectivity index (χ0) is 31.7. The van der Waals surface area contributed by atoms with Crippen molar-refractivity contribution in [2.45, 2.75) is 90.9 Å². The summed E-state index contributed by atoms with van der Waals surface area (Å²) >= 11 is 0. The van der Waals surface area contributed by atoms with Crippen molar-refractivity contribution in [1.82, 2.24) is 15.5 Å². The van der Waals surface area contributed by atoms with Gasteiger partial charge in [-0.1, -0.05) is 13.8 Å². The summed E-state index contributed by atoms with van der Waals surface area (Å²) in [6, 6.07) is 8.94. The number of carbonyl (C=O) groups is 3. The van der Waals surface area contributed by atoms with Crippen LogP contribution in [0.1, 0.15) is 116 Å². The molecule has 4 rings (SSSR count). The van der Waals surface area contributed by atoms with Crippen molar-refractivity contribution in [2.75, 3.05) is 32.7 Å². The highest BCUT2D eigenvalue weighted by Crippen LogP contribution is 2.64. The zero-order valence-electron chi connectivity index (χ0n) is 26.7. The van der Waals surface area contributed by atoms with E-state index in [1.807, 2.05) is 37.8 Å². The Morgan fingerprint density at radius 3 is 2.27 bits per heavy atom. The molecule has 1 heterocycles. The summed E-state index contributed by atoms with van der Waals surface area (Å²) in [6.45, 7) is 9.81. The van der Waals surface area contributed by atoms with E-state index in [0.717, 1.165) is 56.8 Å². The summed E-state index contributed by atoms with van der Waals surface area (Å²) in [5, 5.41) is 6.39. The molecule has 0 bridgehead atoms. The minimum atomic E-state index is -0.626. The number of nitrogens with zero attached hydrogens (tertiary/aromatic N) is 1. The van der Waals surface area contributed by atoms with E-state index >= 15 is 0 Å². The number of ketones is 1. The number of piperidine rings is 1. The second-order valence-electron chi connectivity index (χ2n) is 13.0. The average molecular weight is 610 g/mol. The molecule has 2 atom stereocenters. The molecule has 1 aliphatic carbocycles. The van der Waals surface area contributed by atoms with Gasteiger partial charge < -0.3 is 15.5 Å². The summed E-state index contributed by atoms with van der Waals surface area (Å²) in [7, 11) is 0. The highest BCUT2D eigenvalue weighted by molar-refractivity contribution is 6.01.